The Morgan fingerprint density at radius 1 is 0.931 bits per heavy atom. The van der Waals surface area contributed by atoms with E-state index in [1.54, 1.807) is 29.2 Å². The van der Waals surface area contributed by atoms with Gasteiger partial charge in [0, 0.05) is 26.1 Å². The van der Waals surface area contributed by atoms with Crippen LogP contribution in [-0.2, 0) is 14.6 Å². The van der Waals surface area contributed by atoms with Crippen molar-refractivity contribution in [3.63, 3.8) is 0 Å². The fourth-order valence-electron chi connectivity index (χ4n) is 4.50. The van der Waals surface area contributed by atoms with Crippen molar-refractivity contribution in [1.29, 1.82) is 0 Å². The first-order chi connectivity index (χ1) is 13.9. The monoisotopic (exact) mass is 418 g/mol. The summed E-state index contributed by atoms with van der Waals surface area (Å²) in [5.41, 5.74) is 0.810. The summed E-state index contributed by atoms with van der Waals surface area (Å²) < 4.78 is 25.4. The van der Waals surface area contributed by atoms with E-state index in [4.69, 9.17) is 0 Å². The Labute approximate surface area is 171 Å². The Bertz CT molecular complexity index is 895. The molecule has 3 amide bonds. The third kappa shape index (κ3) is 3.70. The van der Waals surface area contributed by atoms with E-state index in [0.29, 0.717) is 17.5 Å². The van der Waals surface area contributed by atoms with Crippen LogP contribution in [0.1, 0.15) is 65.7 Å². The van der Waals surface area contributed by atoms with Crippen LogP contribution in [0.3, 0.4) is 0 Å². The summed E-state index contributed by atoms with van der Waals surface area (Å²) >= 11 is 0. The SMILES string of the molecule is O=C(CCCN1C(=O)c2ccccc2C1=O)N1CC(S(=O)(=O)C2CCCCC2)C1. The van der Waals surface area contributed by atoms with Crippen molar-refractivity contribution < 1.29 is 22.8 Å². The summed E-state index contributed by atoms with van der Waals surface area (Å²) in [6.45, 7) is 0.727. The quantitative estimate of drug-likeness (QED) is 0.659. The number of imide groups is 1. The number of amides is 3. The topological polar surface area (TPSA) is 91.8 Å². The summed E-state index contributed by atoms with van der Waals surface area (Å²) in [6.07, 6.45) is 5.10. The number of hydrogen-bond donors (Lipinski definition) is 0. The second-order valence-corrected chi connectivity index (χ2v) is 10.7. The van der Waals surface area contributed by atoms with Crippen molar-refractivity contribution in [3.05, 3.63) is 35.4 Å². The van der Waals surface area contributed by atoms with Gasteiger partial charge in [0.1, 0.15) is 0 Å². The van der Waals surface area contributed by atoms with Gasteiger partial charge in [0.2, 0.25) is 5.91 Å². The average Bonchev–Trinajstić information content (AvgIpc) is 2.92. The molecule has 3 aliphatic rings. The van der Waals surface area contributed by atoms with Crippen LogP contribution in [0.15, 0.2) is 24.3 Å². The molecule has 0 unspecified atom stereocenters. The third-order valence-corrected chi connectivity index (χ3v) is 8.96. The number of fused-ring (bicyclic) bond motifs is 1. The van der Waals surface area contributed by atoms with E-state index in [1.807, 2.05) is 0 Å². The molecule has 0 aromatic heterocycles. The number of rotatable bonds is 6. The minimum absolute atomic E-state index is 0.114. The molecule has 8 heteroatoms. The van der Waals surface area contributed by atoms with Gasteiger partial charge in [0.25, 0.3) is 11.8 Å². The minimum atomic E-state index is -3.16. The van der Waals surface area contributed by atoms with Crippen LogP contribution < -0.4 is 0 Å². The van der Waals surface area contributed by atoms with Crippen LogP contribution in [0, 0.1) is 0 Å². The molecular weight excluding hydrogens is 392 g/mol. The fourth-order valence-corrected chi connectivity index (χ4v) is 6.81. The van der Waals surface area contributed by atoms with E-state index in [9.17, 15) is 22.8 Å². The first-order valence-corrected chi connectivity index (χ1v) is 12.0. The second kappa shape index (κ2) is 7.89. The van der Waals surface area contributed by atoms with Crippen molar-refractivity contribution in [2.24, 2.45) is 0 Å². The van der Waals surface area contributed by atoms with Gasteiger partial charge < -0.3 is 4.90 Å². The average molecular weight is 419 g/mol. The first kappa shape index (κ1) is 20.1. The highest BCUT2D eigenvalue weighted by molar-refractivity contribution is 7.92. The number of carbonyl (C=O) groups excluding carboxylic acids is 3. The zero-order valence-corrected chi connectivity index (χ0v) is 17.2. The Morgan fingerprint density at radius 3 is 2.10 bits per heavy atom. The molecular formula is C21H26N2O5S. The molecule has 1 aliphatic carbocycles. The van der Waals surface area contributed by atoms with E-state index in [-0.39, 0.29) is 49.0 Å². The third-order valence-electron chi connectivity index (χ3n) is 6.33. The Morgan fingerprint density at radius 2 is 1.52 bits per heavy atom. The van der Waals surface area contributed by atoms with Gasteiger partial charge in [-0.15, -0.1) is 0 Å². The molecule has 1 aromatic rings. The van der Waals surface area contributed by atoms with Gasteiger partial charge in [-0.2, -0.15) is 0 Å². The van der Waals surface area contributed by atoms with Gasteiger partial charge in [0.05, 0.1) is 21.6 Å². The van der Waals surface area contributed by atoms with Crippen molar-refractivity contribution in [1.82, 2.24) is 9.80 Å². The fraction of sp³-hybridized carbons (Fsp3) is 0.571. The van der Waals surface area contributed by atoms with Crippen LogP contribution >= 0.6 is 0 Å². The van der Waals surface area contributed by atoms with E-state index >= 15 is 0 Å². The highest BCUT2D eigenvalue weighted by atomic mass is 32.2. The largest absolute Gasteiger partial charge is 0.340 e. The molecule has 0 bridgehead atoms. The molecule has 0 atom stereocenters. The smallest absolute Gasteiger partial charge is 0.261 e. The number of benzene rings is 1. The summed E-state index contributed by atoms with van der Waals surface area (Å²) in [4.78, 5) is 39.8. The summed E-state index contributed by atoms with van der Waals surface area (Å²) in [5, 5.41) is -0.682. The lowest BCUT2D eigenvalue weighted by atomic mass is 10.0. The van der Waals surface area contributed by atoms with Gasteiger partial charge in [-0.1, -0.05) is 31.4 Å². The molecule has 1 saturated carbocycles. The Balaban J connectivity index is 1.24. The maximum absolute atomic E-state index is 12.7. The lowest BCUT2D eigenvalue weighted by Gasteiger charge is -2.41. The molecule has 2 fully saturated rings. The van der Waals surface area contributed by atoms with Crippen molar-refractivity contribution >= 4 is 27.6 Å². The summed E-state index contributed by atoms with van der Waals surface area (Å²) in [6, 6.07) is 6.71. The molecule has 1 aromatic carbocycles. The van der Waals surface area contributed by atoms with E-state index in [0.717, 1.165) is 32.1 Å². The van der Waals surface area contributed by atoms with E-state index < -0.39 is 15.1 Å². The highest BCUT2D eigenvalue weighted by Crippen LogP contribution is 2.30. The number of carbonyl (C=O) groups is 3. The first-order valence-electron chi connectivity index (χ1n) is 10.4. The van der Waals surface area contributed by atoms with E-state index in [1.165, 1.54) is 4.90 Å². The van der Waals surface area contributed by atoms with Crippen LogP contribution in [-0.4, -0.2) is 66.1 Å². The molecule has 7 nitrogen and oxygen atoms in total. The van der Waals surface area contributed by atoms with Crippen LogP contribution in [0.5, 0.6) is 0 Å². The molecule has 29 heavy (non-hydrogen) atoms. The summed E-state index contributed by atoms with van der Waals surface area (Å²) in [7, 11) is -3.16. The zero-order chi connectivity index (χ0) is 20.6. The van der Waals surface area contributed by atoms with Crippen molar-refractivity contribution in [2.75, 3.05) is 19.6 Å². The maximum Gasteiger partial charge on any atom is 0.261 e. The molecule has 2 heterocycles. The summed E-state index contributed by atoms with van der Waals surface area (Å²) in [5.74, 6) is -0.752. The Hall–Kier alpha value is -2.22. The van der Waals surface area contributed by atoms with Gasteiger partial charge in [0.15, 0.2) is 9.84 Å². The molecule has 0 N–H and O–H groups in total. The minimum Gasteiger partial charge on any atom is -0.340 e. The normalized spacial score (nSPS) is 20.7. The standard InChI is InChI=1S/C21H26N2O5S/c24-19(22-13-16(14-22)29(27,28)15-7-2-1-3-8-15)11-6-12-23-20(25)17-9-4-5-10-18(17)21(23)26/h4-5,9-10,15-16H,1-3,6-8,11-14H2. The number of likely N-dealkylation sites (tertiary alicyclic amines) is 1. The molecule has 0 spiro atoms. The molecule has 156 valence electrons. The van der Waals surface area contributed by atoms with Gasteiger partial charge in [-0.3, -0.25) is 19.3 Å². The van der Waals surface area contributed by atoms with Gasteiger partial charge in [-0.25, -0.2) is 8.42 Å². The number of sulfone groups is 1. The molecule has 2 aliphatic heterocycles. The van der Waals surface area contributed by atoms with Crippen LogP contribution in [0.2, 0.25) is 0 Å². The maximum atomic E-state index is 12.7. The second-order valence-electron chi connectivity index (χ2n) is 8.18. The van der Waals surface area contributed by atoms with Crippen LogP contribution in [0.25, 0.3) is 0 Å². The van der Waals surface area contributed by atoms with Crippen LogP contribution in [0.4, 0.5) is 0 Å². The lowest BCUT2D eigenvalue weighted by molar-refractivity contribution is -0.134. The van der Waals surface area contributed by atoms with Crippen molar-refractivity contribution in [2.45, 2.75) is 55.4 Å². The zero-order valence-electron chi connectivity index (χ0n) is 16.4. The molecule has 1 saturated heterocycles. The Kier molecular flexibility index (Phi) is 5.46. The highest BCUT2D eigenvalue weighted by Gasteiger charge is 2.43. The number of hydrogen-bond acceptors (Lipinski definition) is 5. The van der Waals surface area contributed by atoms with Crippen molar-refractivity contribution in [3.8, 4) is 0 Å². The predicted octanol–water partition coefficient (Wildman–Crippen LogP) is 2.02. The van der Waals surface area contributed by atoms with Gasteiger partial charge >= 0.3 is 0 Å². The lowest BCUT2D eigenvalue weighted by Crippen LogP contribution is -2.58. The molecule has 4 rings (SSSR count). The number of nitrogens with zero attached hydrogens (tertiary/aromatic N) is 2. The molecule has 0 radical (unpaired) electrons. The van der Waals surface area contributed by atoms with Gasteiger partial charge in [-0.05, 0) is 31.4 Å². The van der Waals surface area contributed by atoms with E-state index in [2.05, 4.69) is 0 Å². The predicted molar refractivity (Wildman–Crippen MR) is 107 cm³/mol.